The maximum Gasteiger partial charge on any atom is 0.123 e. The van der Waals surface area contributed by atoms with Crippen LogP contribution in [0.25, 0.3) is 0 Å². The van der Waals surface area contributed by atoms with Gasteiger partial charge in [-0.25, -0.2) is 0 Å². The zero-order chi connectivity index (χ0) is 10.7. The SMILES string of the molecule is C=CC[C@H](N)c1cc(Cl)cc(C)c1O. The van der Waals surface area contributed by atoms with Gasteiger partial charge in [-0.1, -0.05) is 17.7 Å². The minimum Gasteiger partial charge on any atom is -0.507 e. The molecular weight excluding hydrogens is 198 g/mol. The van der Waals surface area contributed by atoms with E-state index in [9.17, 15) is 5.11 Å². The van der Waals surface area contributed by atoms with Gasteiger partial charge in [0.2, 0.25) is 0 Å². The third-order valence-corrected chi connectivity index (χ3v) is 2.33. The average Bonchev–Trinajstić information content (AvgIpc) is 2.11. The van der Waals surface area contributed by atoms with Crippen molar-refractivity contribution < 1.29 is 5.11 Å². The predicted molar refractivity (Wildman–Crippen MR) is 59.6 cm³/mol. The molecule has 0 heterocycles. The molecule has 0 spiro atoms. The van der Waals surface area contributed by atoms with Crippen LogP contribution in [0.3, 0.4) is 0 Å². The largest absolute Gasteiger partial charge is 0.507 e. The van der Waals surface area contributed by atoms with Gasteiger partial charge in [0.1, 0.15) is 5.75 Å². The fourth-order valence-corrected chi connectivity index (χ4v) is 1.63. The first-order valence-electron chi connectivity index (χ1n) is 4.41. The topological polar surface area (TPSA) is 46.2 Å². The Morgan fingerprint density at radius 2 is 2.29 bits per heavy atom. The number of hydrogen-bond donors (Lipinski definition) is 2. The third kappa shape index (κ3) is 2.28. The summed E-state index contributed by atoms with van der Waals surface area (Å²) >= 11 is 5.87. The van der Waals surface area contributed by atoms with Crippen LogP contribution in [0.1, 0.15) is 23.6 Å². The highest BCUT2D eigenvalue weighted by molar-refractivity contribution is 6.30. The van der Waals surface area contributed by atoms with Crippen molar-refractivity contribution in [2.75, 3.05) is 0 Å². The van der Waals surface area contributed by atoms with E-state index in [1.165, 1.54) is 0 Å². The molecule has 0 fully saturated rings. The fourth-order valence-electron chi connectivity index (χ4n) is 1.35. The molecule has 0 aliphatic rings. The van der Waals surface area contributed by atoms with Gasteiger partial charge in [0, 0.05) is 16.6 Å². The van der Waals surface area contributed by atoms with Crippen molar-refractivity contribution in [3.05, 3.63) is 40.9 Å². The smallest absolute Gasteiger partial charge is 0.123 e. The molecule has 0 radical (unpaired) electrons. The minimum absolute atomic E-state index is 0.226. The van der Waals surface area contributed by atoms with Crippen molar-refractivity contribution in [2.24, 2.45) is 5.73 Å². The lowest BCUT2D eigenvalue weighted by atomic mass is 10.0. The fraction of sp³-hybridized carbons (Fsp3) is 0.273. The Morgan fingerprint density at radius 3 is 2.86 bits per heavy atom. The van der Waals surface area contributed by atoms with Crippen LogP contribution in [0.4, 0.5) is 0 Å². The highest BCUT2D eigenvalue weighted by atomic mass is 35.5. The monoisotopic (exact) mass is 211 g/mol. The van der Waals surface area contributed by atoms with Gasteiger partial charge in [-0.2, -0.15) is 0 Å². The summed E-state index contributed by atoms with van der Waals surface area (Å²) < 4.78 is 0. The highest BCUT2D eigenvalue weighted by Crippen LogP contribution is 2.31. The Balaban J connectivity index is 3.12. The van der Waals surface area contributed by atoms with Gasteiger partial charge >= 0.3 is 0 Å². The molecule has 14 heavy (non-hydrogen) atoms. The zero-order valence-electron chi connectivity index (χ0n) is 8.13. The van der Waals surface area contributed by atoms with E-state index in [1.807, 2.05) is 0 Å². The highest BCUT2D eigenvalue weighted by Gasteiger charge is 2.12. The first-order chi connectivity index (χ1) is 6.56. The van der Waals surface area contributed by atoms with Crippen molar-refractivity contribution in [2.45, 2.75) is 19.4 Å². The van der Waals surface area contributed by atoms with E-state index in [-0.39, 0.29) is 11.8 Å². The molecule has 2 nitrogen and oxygen atoms in total. The number of aryl methyl sites for hydroxylation is 1. The molecular formula is C11H14ClNO. The van der Waals surface area contributed by atoms with Gasteiger partial charge in [0.05, 0.1) is 0 Å². The second kappa shape index (κ2) is 4.49. The van der Waals surface area contributed by atoms with E-state index in [1.54, 1.807) is 25.1 Å². The van der Waals surface area contributed by atoms with Gasteiger partial charge in [-0.3, -0.25) is 0 Å². The Morgan fingerprint density at radius 1 is 1.64 bits per heavy atom. The molecule has 0 aliphatic heterocycles. The molecule has 0 saturated carbocycles. The quantitative estimate of drug-likeness (QED) is 0.756. The third-order valence-electron chi connectivity index (χ3n) is 2.11. The van der Waals surface area contributed by atoms with Crippen molar-refractivity contribution in [1.82, 2.24) is 0 Å². The number of nitrogens with two attached hydrogens (primary N) is 1. The van der Waals surface area contributed by atoms with E-state index in [0.29, 0.717) is 17.0 Å². The average molecular weight is 212 g/mol. The molecule has 0 amide bonds. The summed E-state index contributed by atoms with van der Waals surface area (Å²) in [6.07, 6.45) is 2.34. The van der Waals surface area contributed by atoms with E-state index in [0.717, 1.165) is 5.56 Å². The summed E-state index contributed by atoms with van der Waals surface area (Å²) in [5, 5.41) is 10.3. The maximum absolute atomic E-state index is 9.75. The summed E-state index contributed by atoms with van der Waals surface area (Å²) in [4.78, 5) is 0. The van der Waals surface area contributed by atoms with Crippen LogP contribution >= 0.6 is 11.6 Å². The lowest BCUT2D eigenvalue weighted by Gasteiger charge is -2.13. The van der Waals surface area contributed by atoms with Crippen molar-refractivity contribution in [1.29, 1.82) is 0 Å². The van der Waals surface area contributed by atoms with E-state index in [2.05, 4.69) is 6.58 Å². The predicted octanol–water partition coefficient (Wildman–Crippen LogP) is 2.93. The van der Waals surface area contributed by atoms with Gasteiger partial charge in [0.15, 0.2) is 0 Å². The van der Waals surface area contributed by atoms with Crippen LogP contribution in [0, 0.1) is 6.92 Å². The van der Waals surface area contributed by atoms with Crippen molar-refractivity contribution >= 4 is 11.6 Å². The molecule has 1 aromatic rings. The number of rotatable bonds is 3. The summed E-state index contributed by atoms with van der Waals surface area (Å²) in [6, 6.07) is 3.16. The molecule has 0 saturated heterocycles. The molecule has 0 bridgehead atoms. The molecule has 76 valence electrons. The maximum atomic E-state index is 9.75. The Hall–Kier alpha value is -0.990. The lowest BCUT2D eigenvalue weighted by Crippen LogP contribution is -2.09. The molecule has 1 aromatic carbocycles. The number of phenolic OH excluding ortho intramolecular Hbond substituents is 1. The standard InChI is InChI=1S/C11H14ClNO/c1-3-4-10(13)9-6-8(12)5-7(2)11(9)14/h3,5-6,10,14H,1,4,13H2,2H3/t10-/m0/s1. The van der Waals surface area contributed by atoms with Crippen LogP contribution in [0.5, 0.6) is 5.75 Å². The number of hydrogen-bond acceptors (Lipinski definition) is 2. The van der Waals surface area contributed by atoms with Crippen molar-refractivity contribution in [3.63, 3.8) is 0 Å². The molecule has 1 atom stereocenters. The normalized spacial score (nSPS) is 12.5. The molecule has 0 aliphatic carbocycles. The summed E-state index contributed by atoms with van der Waals surface area (Å²) in [7, 11) is 0. The van der Waals surface area contributed by atoms with Crippen LogP contribution in [-0.2, 0) is 0 Å². The van der Waals surface area contributed by atoms with Crippen LogP contribution < -0.4 is 5.73 Å². The number of phenols is 1. The van der Waals surface area contributed by atoms with Crippen LogP contribution in [0.15, 0.2) is 24.8 Å². The molecule has 3 heteroatoms. The van der Waals surface area contributed by atoms with Gasteiger partial charge in [0.25, 0.3) is 0 Å². The number of aromatic hydroxyl groups is 1. The van der Waals surface area contributed by atoms with E-state index in [4.69, 9.17) is 17.3 Å². The molecule has 0 unspecified atom stereocenters. The Labute approximate surface area is 89.0 Å². The molecule has 3 N–H and O–H groups in total. The number of halogens is 1. The molecule has 1 rings (SSSR count). The summed E-state index contributed by atoms with van der Waals surface area (Å²) in [5.41, 5.74) is 7.27. The van der Waals surface area contributed by atoms with Gasteiger partial charge in [-0.15, -0.1) is 6.58 Å². The first-order valence-corrected chi connectivity index (χ1v) is 4.79. The Bertz CT molecular complexity index is 349. The summed E-state index contributed by atoms with van der Waals surface area (Å²) in [6.45, 7) is 5.40. The van der Waals surface area contributed by atoms with Crippen LogP contribution in [0.2, 0.25) is 5.02 Å². The van der Waals surface area contributed by atoms with Gasteiger partial charge in [-0.05, 0) is 31.0 Å². The summed E-state index contributed by atoms with van der Waals surface area (Å²) in [5.74, 6) is 0.226. The first kappa shape index (κ1) is 11.1. The minimum atomic E-state index is -0.245. The second-order valence-electron chi connectivity index (χ2n) is 3.29. The van der Waals surface area contributed by atoms with E-state index >= 15 is 0 Å². The zero-order valence-corrected chi connectivity index (χ0v) is 8.88. The number of benzene rings is 1. The van der Waals surface area contributed by atoms with E-state index < -0.39 is 0 Å². The Kier molecular flexibility index (Phi) is 3.55. The van der Waals surface area contributed by atoms with Crippen molar-refractivity contribution in [3.8, 4) is 5.75 Å². The van der Waals surface area contributed by atoms with Gasteiger partial charge < -0.3 is 10.8 Å². The molecule has 0 aromatic heterocycles. The second-order valence-corrected chi connectivity index (χ2v) is 3.73. The van der Waals surface area contributed by atoms with Crippen LogP contribution in [-0.4, -0.2) is 5.11 Å². The lowest BCUT2D eigenvalue weighted by molar-refractivity contribution is 0.457.